The highest BCUT2D eigenvalue weighted by molar-refractivity contribution is 5.90. The van der Waals surface area contributed by atoms with Crippen LogP contribution in [0.5, 0.6) is 0 Å². The number of epoxide rings is 1. The van der Waals surface area contributed by atoms with Gasteiger partial charge in [-0.05, 0) is 43.2 Å². The predicted molar refractivity (Wildman–Crippen MR) is 104 cm³/mol. The highest BCUT2D eigenvalue weighted by atomic mass is 16.6. The second-order valence-electron chi connectivity index (χ2n) is 7.59. The van der Waals surface area contributed by atoms with E-state index < -0.39 is 11.7 Å². The lowest BCUT2D eigenvalue weighted by Crippen LogP contribution is -2.50. The molecule has 2 aliphatic rings. The molecule has 0 radical (unpaired) electrons. The summed E-state index contributed by atoms with van der Waals surface area (Å²) in [5.74, 6) is -0.0448. The normalized spacial score (nSPS) is 25.8. The maximum absolute atomic E-state index is 13.4. The van der Waals surface area contributed by atoms with E-state index in [1.807, 2.05) is 65.6 Å². The molecule has 1 amide bonds. The minimum atomic E-state index is -1.13. The van der Waals surface area contributed by atoms with Gasteiger partial charge in [0.05, 0.1) is 6.10 Å². The number of aryl methyl sites for hydroxylation is 1. The van der Waals surface area contributed by atoms with Crippen molar-refractivity contribution in [3.05, 3.63) is 71.8 Å². The summed E-state index contributed by atoms with van der Waals surface area (Å²) in [6, 6.07) is 19.9. The van der Waals surface area contributed by atoms with Crippen molar-refractivity contribution in [1.82, 2.24) is 4.90 Å². The lowest BCUT2D eigenvalue weighted by molar-refractivity contribution is -0.142. The summed E-state index contributed by atoms with van der Waals surface area (Å²) in [4.78, 5) is 15.2. The molecule has 142 valence electrons. The van der Waals surface area contributed by atoms with Crippen LogP contribution in [0.3, 0.4) is 0 Å². The first-order valence-electron chi connectivity index (χ1n) is 9.96. The molecule has 27 heavy (non-hydrogen) atoms. The first-order chi connectivity index (χ1) is 13.2. The van der Waals surface area contributed by atoms with Gasteiger partial charge in [0.15, 0.2) is 0 Å². The van der Waals surface area contributed by atoms with E-state index in [2.05, 4.69) is 0 Å². The Labute approximate surface area is 160 Å². The third-order valence-corrected chi connectivity index (χ3v) is 5.77. The number of benzene rings is 2. The molecule has 2 saturated heterocycles. The highest BCUT2D eigenvalue weighted by Crippen LogP contribution is 2.54. The molecule has 0 spiro atoms. The maximum Gasteiger partial charge on any atom is 0.260 e. The summed E-state index contributed by atoms with van der Waals surface area (Å²) in [5.41, 5.74) is 0.990. The Bertz CT molecular complexity index is 758. The highest BCUT2D eigenvalue weighted by Gasteiger charge is 2.68. The summed E-state index contributed by atoms with van der Waals surface area (Å²) in [6.45, 7) is 1.52. The summed E-state index contributed by atoms with van der Waals surface area (Å²) in [6.07, 6.45) is 3.26. The molecule has 0 saturated carbocycles. The average molecular weight is 365 g/mol. The summed E-state index contributed by atoms with van der Waals surface area (Å²) in [7, 11) is 0. The van der Waals surface area contributed by atoms with Crippen LogP contribution in [0, 0.1) is 0 Å². The molecular formula is C23H27NO3. The quantitative estimate of drug-likeness (QED) is 0.797. The number of ether oxygens (including phenoxy) is 1. The number of carbonyl (C=O) groups excluding carboxylic acids is 1. The van der Waals surface area contributed by atoms with Crippen molar-refractivity contribution >= 4 is 5.91 Å². The number of piperidine rings is 1. The van der Waals surface area contributed by atoms with Gasteiger partial charge in [0.25, 0.3) is 5.91 Å². The van der Waals surface area contributed by atoms with E-state index in [1.54, 1.807) is 0 Å². The van der Waals surface area contributed by atoms with Gasteiger partial charge in [0.1, 0.15) is 6.10 Å². The van der Waals surface area contributed by atoms with Crippen LogP contribution >= 0.6 is 0 Å². The van der Waals surface area contributed by atoms with Crippen LogP contribution in [0.25, 0.3) is 0 Å². The van der Waals surface area contributed by atoms with Gasteiger partial charge in [-0.25, -0.2) is 0 Å². The molecule has 1 unspecified atom stereocenters. The fourth-order valence-electron chi connectivity index (χ4n) is 4.17. The lowest BCUT2D eigenvalue weighted by Gasteiger charge is -2.31. The Morgan fingerprint density at radius 1 is 1.04 bits per heavy atom. The largest absolute Gasteiger partial charge is 0.389 e. The van der Waals surface area contributed by atoms with Crippen LogP contribution in [-0.4, -0.2) is 40.7 Å². The molecule has 0 aromatic heterocycles. The fourth-order valence-corrected chi connectivity index (χ4v) is 4.17. The fraction of sp³-hybridized carbons (Fsp3) is 0.435. The number of amides is 1. The Morgan fingerprint density at radius 2 is 1.67 bits per heavy atom. The van der Waals surface area contributed by atoms with Crippen molar-refractivity contribution in [2.75, 3.05) is 13.1 Å². The second kappa shape index (κ2) is 7.83. The Kier molecular flexibility index (Phi) is 5.28. The van der Waals surface area contributed by atoms with Gasteiger partial charge < -0.3 is 14.7 Å². The van der Waals surface area contributed by atoms with Gasteiger partial charge in [-0.2, -0.15) is 0 Å². The first kappa shape index (κ1) is 18.2. The van der Waals surface area contributed by atoms with Crippen molar-refractivity contribution in [1.29, 1.82) is 0 Å². The van der Waals surface area contributed by atoms with E-state index in [9.17, 15) is 9.90 Å². The molecule has 2 aromatic carbocycles. The van der Waals surface area contributed by atoms with Crippen LogP contribution in [-0.2, 0) is 16.0 Å². The Morgan fingerprint density at radius 3 is 2.33 bits per heavy atom. The van der Waals surface area contributed by atoms with E-state index in [0.717, 1.165) is 49.9 Å². The van der Waals surface area contributed by atoms with Crippen LogP contribution in [0.2, 0.25) is 0 Å². The lowest BCUT2D eigenvalue weighted by atomic mass is 9.88. The molecule has 2 aliphatic heterocycles. The van der Waals surface area contributed by atoms with Gasteiger partial charge in [-0.15, -0.1) is 0 Å². The molecule has 4 heteroatoms. The van der Waals surface area contributed by atoms with Crippen molar-refractivity contribution < 1.29 is 14.6 Å². The number of rotatable bonds is 6. The zero-order valence-corrected chi connectivity index (χ0v) is 15.6. The molecule has 4 rings (SSSR count). The van der Waals surface area contributed by atoms with E-state index in [1.165, 1.54) is 0 Å². The molecule has 3 atom stereocenters. The third-order valence-electron chi connectivity index (χ3n) is 5.77. The molecule has 2 heterocycles. The number of carbonyl (C=O) groups is 1. The smallest absolute Gasteiger partial charge is 0.260 e. The predicted octanol–water partition coefficient (Wildman–Crippen LogP) is 3.50. The molecule has 2 aromatic rings. The molecule has 4 nitrogen and oxygen atoms in total. The van der Waals surface area contributed by atoms with Gasteiger partial charge in [-0.3, -0.25) is 4.79 Å². The second-order valence-corrected chi connectivity index (χ2v) is 7.59. The van der Waals surface area contributed by atoms with E-state index in [-0.39, 0.29) is 12.0 Å². The van der Waals surface area contributed by atoms with Crippen LogP contribution in [0.4, 0.5) is 0 Å². The summed E-state index contributed by atoms with van der Waals surface area (Å²) >= 11 is 0. The van der Waals surface area contributed by atoms with Gasteiger partial charge in [-0.1, -0.05) is 60.7 Å². The summed E-state index contributed by atoms with van der Waals surface area (Å²) in [5, 5.41) is 11.1. The molecule has 0 bridgehead atoms. The maximum atomic E-state index is 13.4. The topological polar surface area (TPSA) is 53.1 Å². The van der Waals surface area contributed by atoms with Gasteiger partial charge in [0, 0.05) is 13.1 Å². The minimum absolute atomic E-state index is 0.0448. The van der Waals surface area contributed by atoms with Crippen LogP contribution in [0.15, 0.2) is 60.7 Å². The first-order valence-corrected chi connectivity index (χ1v) is 9.96. The zero-order chi connectivity index (χ0) is 18.7. The van der Waals surface area contributed by atoms with E-state index in [0.29, 0.717) is 6.42 Å². The third kappa shape index (κ3) is 3.64. The zero-order valence-electron chi connectivity index (χ0n) is 15.6. The van der Waals surface area contributed by atoms with Crippen molar-refractivity contribution in [2.24, 2.45) is 0 Å². The molecule has 2 fully saturated rings. The van der Waals surface area contributed by atoms with Crippen molar-refractivity contribution in [3.63, 3.8) is 0 Å². The van der Waals surface area contributed by atoms with Crippen molar-refractivity contribution in [3.8, 4) is 0 Å². The van der Waals surface area contributed by atoms with Crippen LogP contribution < -0.4 is 0 Å². The van der Waals surface area contributed by atoms with Crippen molar-refractivity contribution in [2.45, 2.75) is 49.9 Å². The standard InChI is InChI=1S/C23H27NO3/c25-20(15-14-18-10-4-1-5-11-18)23(22(26)24-16-8-3-9-17-24)21(27-23)19-12-6-2-7-13-19/h1-2,4-7,10-13,20-21,25H,3,8-9,14-17H2/t20?,21-,23+/m0/s1. The summed E-state index contributed by atoms with van der Waals surface area (Å²) < 4.78 is 6.01. The number of nitrogens with zero attached hydrogens (tertiary/aromatic N) is 1. The Balaban J connectivity index is 1.54. The van der Waals surface area contributed by atoms with E-state index >= 15 is 0 Å². The number of aliphatic hydroxyl groups excluding tert-OH is 1. The number of hydrogen-bond acceptors (Lipinski definition) is 3. The molecule has 1 N–H and O–H groups in total. The number of aliphatic hydroxyl groups is 1. The molecular weight excluding hydrogens is 338 g/mol. The van der Waals surface area contributed by atoms with Gasteiger partial charge >= 0.3 is 0 Å². The van der Waals surface area contributed by atoms with Crippen LogP contribution in [0.1, 0.15) is 42.9 Å². The van der Waals surface area contributed by atoms with E-state index in [4.69, 9.17) is 4.74 Å². The number of hydrogen-bond donors (Lipinski definition) is 1. The molecule has 0 aliphatic carbocycles. The number of likely N-dealkylation sites (tertiary alicyclic amines) is 1. The van der Waals surface area contributed by atoms with Gasteiger partial charge in [0.2, 0.25) is 5.60 Å². The Hall–Kier alpha value is -2.17. The SMILES string of the molecule is O=C(N1CCCCC1)[C@]1(C(O)CCc2ccccc2)O[C@H]1c1ccccc1. The average Bonchev–Trinajstić information content (AvgIpc) is 3.50. The monoisotopic (exact) mass is 365 g/mol. The minimum Gasteiger partial charge on any atom is -0.389 e.